The van der Waals surface area contributed by atoms with Gasteiger partial charge in [0.05, 0.1) is 5.56 Å². The lowest BCUT2D eigenvalue weighted by Crippen LogP contribution is -2.12. The van der Waals surface area contributed by atoms with Crippen molar-refractivity contribution in [3.05, 3.63) is 59.1 Å². The molecule has 8 heteroatoms. The molecule has 0 fully saturated rings. The molecule has 0 aliphatic rings. The number of thioether (sulfide) groups is 1. The molecule has 0 amide bonds. The molecule has 0 spiro atoms. The van der Waals surface area contributed by atoms with E-state index in [9.17, 15) is 4.39 Å². The molecule has 2 heterocycles. The normalized spacial score (nSPS) is 10.8. The average Bonchev–Trinajstić information content (AvgIpc) is 2.88. The minimum absolute atomic E-state index is 0.287. The van der Waals surface area contributed by atoms with Crippen LogP contribution < -0.4 is 5.84 Å². The lowest BCUT2D eigenvalue weighted by Gasteiger charge is -2.04. The van der Waals surface area contributed by atoms with Gasteiger partial charge in [-0.2, -0.15) is 0 Å². The molecule has 0 radical (unpaired) electrons. The quantitative estimate of drug-likeness (QED) is 0.450. The van der Waals surface area contributed by atoms with Gasteiger partial charge in [0.25, 0.3) is 0 Å². The number of halogens is 2. The van der Waals surface area contributed by atoms with E-state index in [0.717, 1.165) is 5.56 Å². The number of benzene rings is 1. The maximum Gasteiger partial charge on any atom is 0.210 e. The molecule has 2 N–H and O–H groups in total. The monoisotopic (exact) mass is 335 g/mol. The van der Waals surface area contributed by atoms with Crippen molar-refractivity contribution in [1.29, 1.82) is 0 Å². The van der Waals surface area contributed by atoms with E-state index in [0.29, 0.717) is 21.6 Å². The number of hydrogen-bond donors (Lipinski definition) is 1. The van der Waals surface area contributed by atoms with Gasteiger partial charge in [-0.05, 0) is 23.8 Å². The molecule has 1 aromatic carbocycles. The number of pyridine rings is 1. The van der Waals surface area contributed by atoms with Gasteiger partial charge in [0.2, 0.25) is 5.16 Å². The first-order valence-electron chi connectivity index (χ1n) is 6.34. The van der Waals surface area contributed by atoms with Crippen molar-refractivity contribution in [3.63, 3.8) is 0 Å². The Labute approximate surface area is 135 Å². The first kappa shape index (κ1) is 14.8. The van der Waals surface area contributed by atoms with Crippen LogP contribution in [0, 0.1) is 5.82 Å². The predicted octanol–water partition coefficient (Wildman–Crippen LogP) is 3.14. The molecular formula is C14H11ClFN5S. The Morgan fingerprint density at radius 3 is 2.73 bits per heavy atom. The van der Waals surface area contributed by atoms with Crippen LogP contribution in [0.4, 0.5) is 4.39 Å². The smallest absolute Gasteiger partial charge is 0.210 e. The molecule has 0 saturated heterocycles. The Kier molecular flexibility index (Phi) is 4.26. The van der Waals surface area contributed by atoms with Crippen LogP contribution in [-0.4, -0.2) is 19.9 Å². The lowest BCUT2D eigenvalue weighted by molar-refractivity contribution is 0.629. The molecule has 5 nitrogen and oxygen atoms in total. The molecule has 3 aromatic rings. The summed E-state index contributed by atoms with van der Waals surface area (Å²) in [5, 5.41) is 8.90. The zero-order valence-electron chi connectivity index (χ0n) is 11.3. The molecule has 0 bridgehead atoms. The third-order valence-electron chi connectivity index (χ3n) is 2.94. The number of hydrogen-bond acceptors (Lipinski definition) is 5. The van der Waals surface area contributed by atoms with Crippen molar-refractivity contribution in [1.82, 2.24) is 19.9 Å². The largest absolute Gasteiger partial charge is 0.335 e. The maximum absolute atomic E-state index is 13.8. The topological polar surface area (TPSA) is 69.6 Å². The van der Waals surface area contributed by atoms with E-state index in [4.69, 9.17) is 17.4 Å². The third-order valence-corrected chi connectivity index (χ3v) is 4.17. The van der Waals surface area contributed by atoms with E-state index >= 15 is 0 Å². The van der Waals surface area contributed by atoms with Crippen molar-refractivity contribution in [2.75, 3.05) is 5.84 Å². The molecule has 3 rings (SSSR count). The van der Waals surface area contributed by atoms with Crippen LogP contribution in [0.3, 0.4) is 0 Å². The van der Waals surface area contributed by atoms with Crippen LogP contribution in [0.5, 0.6) is 0 Å². The third kappa shape index (κ3) is 3.05. The molecule has 0 atom stereocenters. The number of rotatable bonds is 4. The van der Waals surface area contributed by atoms with Gasteiger partial charge in [-0.25, -0.2) is 14.1 Å². The molecule has 0 unspecified atom stereocenters. The number of aromatic nitrogens is 4. The summed E-state index contributed by atoms with van der Waals surface area (Å²) in [5.74, 6) is 6.47. The molecule has 0 aliphatic heterocycles. The summed E-state index contributed by atoms with van der Waals surface area (Å²) in [6, 6.07) is 9.89. The van der Waals surface area contributed by atoms with Crippen LogP contribution in [-0.2, 0) is 5.75 Å². The van der Waals surface area contributed by atoms with E-state index in [1.165, 1.54) is 22.5 Å². The highest BCUT2D eigenvalue weighted by Gasteiger charge is 2.15. The fourth-order valence-electron chi connectivity index (χ4n) is 1.84. The Hall–Kier alpha value is -2.12. The Bertz CT molecular complexity index is 790. The van der Waals surface area contributed by atoms with Crippen LogP contribution >= 0.6 is 23.4 Å². The van der Waals surface area contributed by atoms with Gasteiger partial charge in [0.1, 0.15) is 11.0 Å². The predicted molar refractivity (Wildman–Crippen MR) is 84.4 cm³/mol. The minimum atomic E-state index is -0.389. The van der Waals surface area contributed by atoms with E-state index < -0.39 is 0 Å². The zero-order chi connectivity index (χ0) is 15.5. The van der Waals surface area contributed by atoms with Crippen molar-refractivity contribution < 1.29 is 4.39 Å². The average molecular weight is 336 g/mol. The van der Waals surface area contributed by atoms with Gasteiger partial charge < -0.3 is 5.84 Å². The van der Waals surface area contributed by atoms with Gasteiger partial charge in [0.15, 0.2) is 5.82 Å². The molecule has 112 valence electrons. The summed E-state index contributed by atoms with van der Waals surface area (Å²) < 4.78 is 15.1. The number of nitrogen functional groups attached to an aromatic ring is 1. The van der Waals surface area contributed by atoms with Crippen molar-refractivity contribution >= 4 is 23.4 Å². The molecule has 0 saturated carbocycles. The molecule has 0 aliphatic carbocycles. The summed E-state index contributed by atoms with van der Waals surface area (Å²) in [5.41, 5.74) is 1.29. The van der Waals surface area contributed by atoms with Crippen LogP contribution in [0.1, 0.15) is 5.56 Å². The first-order valence-corrected chi connectivity index (χ1v) is 7.70. The van der Waals surface area contributed by atoms with E-state index in [2.05, 4.69) is 15.2 Å². The SMILES string of the molecule is Nn1c(SCc2ccc(Cl)nc2)nnc1-c1ccccc1F. The van der Waals surface area contributed by atoms with Gasteiger partial charge in [0, 0.05) is 11.9 Å². The van der Waals surface area contributed by atoms with E-state index in [-0.39, 0.29) is 11.6 Å². The van der Waals surface area contributed by atoms with Gasteiger partial charge in [-0.1, -0.05) is 41.6 Å². The fraction of sp³-hybridized carbons (Fsp3) is 0.0714. The second-order valence-corrected chi connectivity index (χ2v) is 5.76. The van der Waals surface area contributed by atoms with E-state index in [1.54, 1.807) is 30.5 Å². The Morgan fingerprint density at radius 2 is 2.00 bits per heavy atom. The first-order chi connectivity index (χ1) is 10.6. The summed E-state index contributed by atoms with van der Waals surface area (Å²) >= 11 is 7.13. The van der Waals surface area contributed by atoms with Crippen LogP contribution in [0.15, 0.2) is 47.8 Å². The van der Waals surface area contributed by atoms with Gasteiger partial charge in [-0.3, -0.25) is 0 Å². The highest BCUT2D eigenvalue weighted by Crippen LogP contribution is 2.25. The highest BCUT2D eigenvalue weighted by atomic mass is 35.5. The maximum atomic E-state index is 13.8. The lowest BCUT2D eigenvalue weighted by atomic mass is 10.2. The van der Waals surface area contributed by atoms with Crippen molar-refractivity contribution in [3.8, 4) is 11.4 Å². The second-order valence-electron chi connectivity index (χ2n) is 4.43. The summed E-state index contributed by atoms with van der Waals surface area (Å²) in [6.07, 6.45) is 1.68. The Morgan fingerprint density at radius 1 is 1.18 bits per heavy atom. The second kappa shape index (κ2) is 6.33. The molecular weight excluding hydrogens is 325 g/mol. The van der Waals surface area contributed by atoms with Crippen molar-refractivity contribution in [2.45, 2.75) is 10.9 Å². The zero-order valence-corrected chi connectivity index (χ0v) is 12.9. The minimum Gasteiger partial charge on any atom is -0.335 e. The highest BCUT2D eigenvalue weighted by molar-refractivity contribution is 7.98. The summed E-state index contributed by atoms with van der Waals surface area (Å²) in [4.78, 5) is 4.01. The fourth-order valence-corrected chi connectivity index (χ4v) is 2.74. The van der Waals surface area contributed by atoms with E-state index in [1.807, 2.05) is 6.07 Å². The summed E-state index contributed by atoms with van der Waals surface area (Å²) in [6.45, 7) is 0. The molecule has 2 aromatic heterocycles. The summed E-state index contributed by atoms with van der Waals surface area (Å²) in [7, 11) is 0. The molecule has 22 heavy (non-hydrogen) atoms. The van der Waals surface area contributed by atoms with Gasteiger partial charge in [-0.15, -0.1) is 10.2 Å². The Balaban J connectivity index is 1.79. The number of nitrogens with two attached hydrogens (primary N) is 1. The standard InChI is InChI=1S/C14H11ClFN5S/c15-12-6-5-9(7-18-12)8-22-14-20-19-13(21(14)17)10-3-1-2-4-11(10)16/h1-7H,8,17H2. The number of nitrogens with zero attached hydrogens (tertiary/aromatic N) is 4. The van der Waals surface area contributed by atoms with Crippen molar-refractivity contribution in [2.24, 2.45) is 0 Å². The van der Waals surface area contributed by atoms with Crippen LogP contribution in [0.25, 0.3) is 11.4 Å². The van der Waals surface area contributed by atoms with Gasteiger partial charge >= 0.3 is 0 Å². The van der Waals surface area contributed by atoms with Crippen LogP contribution in [0.2, 0.25) is 5.15 Å².